The molecule has 4 heteroatoms. The van der Waals surface area contributed by atoms with E-state index in [-0.39, 0.29) is 0 Å². The maximum Gasteiger partial charge on any atom is 0.221 e. The highest BCUT2D eigenvalue weighted by molar-refractivity contribution is 5.47. The van der Waals surface area contributed by atoms with E-state index in [9.17, 15) is 0 Å². The van der Waals surface area contributed by atoms with Gasteiger partial charge >= 0.3 is 0 Å². The fraction of sp³-hybridized carbons (Fsp3) is 0.636. The molecule has 0 spiro atoms. The molecule has 1 aromatic rings. The molecule has 2 N–H and O–H groups in total. The SMILES string of the molecule is Cc1cnc(N)nc1N(C)CC1CCC1. The van der Waals surface area contributed by atoms with Crippen molar-refractivity contribution in [3.63, 3.8) is 0 Å². The Balaban J connectivity index is 2.09. The van der Waals surface area contributed by atoms with Crippen molar-refractivity contribution in [1.29, 1.82) is 0 Å². The average Bonchev–Trinajstić information content (AvgIpc) is 2.15. The number of aromatic nitrogens is 2. The molecule has 1 aromatic heterocycles. The Labute approximate surface area is 90.5 Å². The Morgan fingerprint density at radius 2 is 2.27 bits per heavy atom. The van der Waals surface area contributed by atoms with Crippen LogP contribution in [0.5, 0.6) is 0 Å². The minimum atomic E-state index is 0.357. The Morgan fingerprint density at radius 3 is 2.87 bits per heavy atom. The molecule has 0 atom stereocenters. The summed E-state index contributed by atoms with van der Waals surface area (Å²) >= 11 is 0. The van der Waals surface area contributed by atoms with Gasteiger partial charge in [-0.2, -0.15) is 4.98 Å². The summed E-state index contributed by atoms with van der Waals surface area (Å²) in [5, 5.41) is 0. The van der Waals surface area contributed by atoms with E-state index in [4.69, 9.17) is 5.73 Å². The van der Waals surface area contributed by atoms with E-state index in [0.29, 0.717) is 5.95 Å². The normalized spacial score (nSPS) is 16.1. The molecule has 0 aromatic carbocycles. The van der Waals surface area contributed by atoms with Gasteiger partial charge in [0.05, 0.1) is 0 Å². The van der Waals surface area contributed by atoms with Crippen LogP contribution in [-0.4, -0.2) is 23.6 Å². The topological polar surface area (TPSA) is 55.0 Å². The lowest BCUT2D eigenvalue weighted by Crippen LogP contribution is -2.30. The number of nitrogens with zero attached hydrogens (tertiary/aromatic N) is 3. The Morgan fingerprint density at radius 1 is 1.53 bits per heavy atom. The molecule has 1 fully saturated rings. The van der Waals surface area contributed by atoms with E-state index in [0.717, 1.165) is 23.8 Å². The van der Waals surface area contributed by atoms with Crippen LogP contribution in [0.3, 0.4) is 0 Å². The van der Waals surface area contributed by atoms with E-state index in [1.807, 2.05) is 6.92 Å². The zero-order chi connectivity index (χ0) is 10.8. The third kappa shape index (κ3) is 2.19. The van der Waals surface area contributed by atoms with E-state index in [1.54, 1.807) is 6.20 Å². The quantitative estimate of drug-likeness (QED) is 0.816. The highest BCUT2D eigenvalue weighted by Crippen LogP contribution is 2.28. The summed E-state index contributed by atoms with van der Waals surface area (Å²) in [5.41, 5.74) is 6.68. The van der Waals surface area contributed by atoms with Crippen LogP contribution in [0.4, 0.5) is 11.8 Å². The van der Waals surface area contributed by atoms with Gasteiger partial charge in [-0.05, 0) is 25.7 Å². The fourth-order valence-corrected chi connectivity index (χ4v) is 1.98. The first-order chi connectivity index (χ1) is 7.16. The van der Waals surface area contributed by atoms with Gasteiger partial charge in [0.25, 0.3) is 0 Å². The summed E-state index contributed by atoms with van der Waals surface area (Å²) in [6.07, 6.45) is 5.87. The molecule has 0 bridgehead atoms. The molecule has 1 heterocycles. The summed E-state index contributed by atoms with van der Waals surface area (Å²) < 4.78 is 0. The highest BCUT2D eigenvalue weighted by atomic mass is 15.2. The van der Waals surface area contributed by atoms with Crippen molar-refractivity contribution in [2.24, 2.45) is 5.92 Å². The van der Waals surface area contributed by atoms with Crippen molar-refractivity contribution in [3.05, 3.63) is 11.8 Å². The van der Waals surface area contributed by atoms with Crippen molar-refractivity contribution < 1.29 is 0 Å². The van der Waals surface area contributed by atoms with Crippen LogP contribution in [0.1, 0.15) is 24.8 Å². The zero-order valence-corrected chi connectivity index (χ0v) is 9.40. The predicted octanol–water partition coefficient (Wildman–Crippen LogP) is 1.60. The molecule has 0 saturated heterocycles. The largest absolute Gasteiger partial charge is 0.368 e. The molecule has 0 radical (unpaired) electrons. The number of hydrogen-bond donors (Lipinski definition) is 1. The van der Waals surface area contributed by atoms with Crippen LogP contribution < -0.4 is 10.6 Å². The minimum Gasteiger partial charge on any atom is -0.368 e. The van der Waals surface area contributed by atoms with Gasteiger partial charge in [0.1, 0.15) is 5.82 Å². The molecule has 15 heavy (non-hydrogen) atoms. The predicted molar refractivity (Wildman–Crippen MR) is 61.8 cm³/mol. The van der Waals surface area contributed by atoms with Crippen LogP contribution in [-0.2, 0) is 0 Å². The van der Waals surface area contributed by atoms with Crippen molar-refractivity contribution >= 4 is 11.8 Å². The fourth-order valence-electron chi connectivity index (χ4n) is 1.98. The number of hydrogen-bond acceptors (Lipinski definition) is 4. The molecule has 1 aliphatic rings. The molecule has 0 aliphatic heterocycles. The van der Waals surface area contributed by atoms with E-state index < -0.39 is 0 Å². The first-order valence-corrected chi connectivity index (χ1v) is 5.47. The first kappa shape index (κ1) is 10.2. The average molecular weight is 206 g/mol. The molecule has 82 valence electrons. The molecule has 4 nitrogen and oxygen atoms in total. The van der Waals surface area contributed by atoms with E-state index >= 15 is 0 Å². The standard InChI is InChI=1S/C11H18N4/c1-8-6-13-11(12)14-10(8)15(2)7-9-4-3-5-9/h6,9H,3-5,7H2,1-2H3,(H2,12,13,14). The molecular weight excluding hydrogens is 188 g/mol. The maximum atomic E-state index is 5.59. The molecule has 0 unspecified atom stereocenters. The number of nitrogens with two attached hydrogens (primary N) is 1. The number of anilines is 2. The smallest absolute Gasteiger partial charge is 0.221 e. The summed E-state index contributed by atoms with van der Waals surface area (Å²) in [6, 6.07) is 0. The van der Waals surface area contributed by atoms with Crippen LogP contribution >= 0.6 is 0 Å². The number of rotatable bonds is 3. The number of aryl methyl sites for hydroxylation is 1. The van der Waals surface area contributed by atoms with Crippen LogP contribution in [0.15, 0.2) is 6.20 Å². The van der Waals surface area contributed by atoms with Crippen molar-refractivity contribution in [1.82, 2.24) is 9.97 Å². The van der Waals surface area contributed by atoms with Crippen molar-refractivity contribution in [3.8, 4) is 0 Å². The Bertz CT molecular complexity index is 346. The lowest BCUT2D eigenvalue weighted by molar-refractivity contribution is 0.321. The highest BCUT2D eigenvalue weighted by Gasteiger charge is 2.20. The van der Waals surface area contributed by atoms with Crippen LogP contribution in [0.25, 0.3) is 0 Å². The Kier molecular flexibility index (Phi) is 2.75. The second-order valence-electron chi connectivity index (χ2n) is 4.41. The second kappa shape index (κ2) is 4.04. The molecule has 1 aliphatic carbocycles. The van der Waals surface area contributed by atoms with Crippen molar-refractivity contribution in [2.45, 2.75) is 26.2 Å². The van der Waals surface area contributed by atoms with Gasteiger partial charge < -0.3 is 10.6 Å². The van der Waals surface area contributed by atoms with Crippen LogP contribution in [0.2, 0.25) is 0 Å². The summed E-state index contributed by atoms with van der Waals surface area (Å²) in [5.74, 6) is 2.16. The lowest BCUT2D eigenvalue weighted by atomic mass is 9.85. The van der Waals surface area contributed by atoms with E-state index in [1.165, 1.54) is 19.3 Å². The lowest BCUT2D eigenvalue weighted by Gasteiger charge is -2.31. The van der Waals surface area contributed by atoms with E-state index in [2.05, 4.69) is 21.9 Å². The summed E-state index contributed by atoms with van der Waals surface area (Å²) in [7, 11) is 2.08. The zero-order valence-electron chi connectivity index (χ0n) is 9.40. The number of nitrogen functional groups attached to an aromatic ring is 1. The second-order valence-corrected chi connectivity index (χ2v) is 4.41. The van der Waals surface area contributed by atoms with Gasteiger partial charge in [0.2, 0.25) is 5.95 Å². The van der Waals surface area contributed by atoms with Gasteiger partial charge in [-0.25, -0.2) is 4.98 Å². The molecule has 1 saturated carbocycles. The van der Waals surface area contributed by atoms with Gasteiger partial charge in [-0.3, -0.25) is 0 Å². The summed E-state index contributed by atoms with van der Waals surface area (Å²) in [6.45, 7) is 3.10. The van der Waals surface area contributed by atoms with Gasteiger partial charge in [0.15, 0.2) is 0 Å². The van der Waals surface area contributed by atoms with Crippen LogP contribution in [0, 0.1) is 12.8 Å². The first-order valence-electron chi connectivity index (χ1n) is 5.47. The van der Waals surface area contributed by atoms with Gasteiger partial charge in [-0.15, -0.1) is 0 Å². The third-order valence-electron chi connectivity index (χ3n) is 3.08. The minimum absolute atomic E-state index is 0.357. The third-order valence-corrected chi connectivity index (χ3v) is 3.08. The van der Waals surface area contributed by atoms with Gasteiger partial charge in [0, 0.05) is 25.4 Å². The van der Waals surface area contributed by atoms with Crippen molar-refractivity contribution in [2.75, 3.05) is 24.2 Å². The molecule has 0 amide bonds. The molecular formula is C11H18N4. The maximum absolute atomic E-state index is 5.59. The summed E-state index contributed by atoms with van der Waals surface area (Å²) in [4.78, 5) is 10.4. The monoisotopic (exact) mass is 206 g/mol. The molecule has 2 rings (SSSR count). The Hall–Kier alpha value is -1.32. The van der Waals surface area contributed by atoms with Gasteiger partial charge in [-0.1, -0.05) is 6.42 Å².